The van der Waals surface area contributed by atoms with Crippen LogP contribution in [0.1, 0.15) is 18.4 Å². The molecule has 0 aliphatic carbocycles. The van der Waals surface area contributed by atoms with Crippen molar-refractivity contribution in [1.29, 1.82) is 0 Å². The molecule has 182 valence electrons. The van der Waals surface area contributed by atoms with Gasteiger partial charge in [-0.3, -0.25) is 9.69 Å². The number of aromatic nitrogens is 1. The van der Waals surface area contributed by atoms with E-state index in [9.17, 15) is 4.79 Å². The number of hydrogen-bond acceptors (Lipinski definition) is 6. The van der Waals surface area contributed by atoms with Crippen LogP contribution in [0.15, 0.2) is 39.9 Å². The van der Waals surface area contributed by atoms with Crippen molar-refractivity contribution >= 4 is 35.8 Å². The molecule has 0 atom stereocenters. The minimum Gasteiger partial charge on any atom is -0.439 e. The summed E-state index contributed by atoms with van der Waals surface area (Å²) in [7, 11) is 1.62. The summed E-state index contributed by atoms with van der Waals surface area (Å²) >= 11 is 0. The molecule has 9 nitrogen and oxygen atoms in total. The minimum absolute atomic E-state index is 0. The van der Waals surface area contributed by atoms with Crippen LogP contribution < -0.4 is 10.6 Å². The van der Waals surface area contributed by atoms with Gasteiger partial charge in [-0.2, -0.15) is 0 Å². The van der Waals surface area contributed by atoms with Crippen molar-refractivity contribution in [2.45, 2.75) is 20.4 Å². The lowest BCUT2D eigenvalue weighted by atomic mass is 10.1. The lowest BCUT2D eigenvalue weighted by Gasteiger charge is -2.36. The predicted molar refractivity (Wildman–Crippen MR) is 140 cm³/mol. The number of halogens is 1. The fourth-order valence-electron chi connectivity index (χ4n) is 3.47. The molecule has 1 aliphatic rings. The maximum atomic E-state index is 12.0. The zero-order valence-corrected chi connectivity index (χ0v) is 22.0. The third-order valence-electron chi connectivity index (χ3n) is 5.26. The molecule has 3 rings (SSSR count). The van der Waals surface area contributed by atoms with E-state index in [0.717, 1.165) is 50.0 Å². The number of guanidine groups is 1. The summed E-state index contributed by atoms with van der Waals surface area (Å²) in [4.78, 5) is 25.5. The maximum absolute atomic E-state index is 12.0. The predicted octanol–water partition coefficient (Wildman–Crippen LogP) is 2.11. The van der Waals surface area contributed by atoms with Crippen LogP contribution in [0, 0.1) is 6.92 Å². The first-order valence-corrected chi connectivity index (χ1v) is 11.1. The average Bonchev–Trinajstić information content (AvgIpc) is 3.27. The number of nitrogens with one attached hydrogen (secondary N) is 2. The molecule has 0 saturated carbocycles. The third-order valence-corrected chi connectivity index (χ3v) is 5.26. The normalized spacial score (nSPS) is 14.6. The topological polar surface area (TPSA) is 95.2 Å². The molecule has 1 amide bonds. The van der Waals surface area contributed by atoms with Gasteiger partial charge in [-0.1, -0.05) is 29.8 Å². The Hall–Kier alpha value is -2.18. The number of amides is 1. The molecule has 2 heterocycles. The first-order valence-electron chi connectivity index (χ1n) is 11.1. The summed E-state index contributed by atoms with van der Waals surface area (Å²) in [6.07, 6.45) is 1.75. The van der Waals surface area contributed by atoms with E-state index in [2.05, 4.69) is 51.4 Å². The number of carbonyl (C=O) groups excluding carboxylic acids is 1. The second-order valence-corrected chi connectivity index (χ2v) is 7.76. The van der Waals surface area contributed by atoms with Gasteiger partial charge in [0.05, 0.1) is 19.3 Å². The van der Waals surface area contributed by atoms with Crippen LogP contribution in [0.5, 0.6) is 0 Å². The van der Waals surface area contributed by atoms with E-state index in [-0.39, 0.29) is 29.9 Å². The highest BCUT2D eigenvalue weighted by Crippen LogP contribution is 2.21. The van der Waals surface area contributed by atoms with Gasteiger partial charge in [0.15, 0.2) is 11.7 Å². The van der Waals surface area contributed by atoms with Gasteiger partial charge >= 0.3 is 0 Å². The fourth-order valence-corrected chi connectivity index (χ4v) is 3.47. The van der Waals surface area contributed by atoms with Crippen molar-refractivity contribution in [1.82, 2.24) is 25.4 Å². The number of carbonyl (C=O) groups is 1. The summed E-state index contributed by atoms with van der Waals surface area (Å²) in [5.74, 6) is 2.20. The average molecular weight is 570 g/mol. The highest BCUT2D eigenvalue weighted by molar-refractivity contribution is 14.0. The Morgan fingerprint density at radius 1 is 1.18 bits per heavy atom. The number of benzene rings is 1. The third kappa shape index (κ3) is 8.59. The van der Waals surface area contributed by atoms with Crippen molar-refractivity contribution in [2.24, 2.45) is 4.99 Å². The Kier molecular flexibility index (Phi) is 11.6. The van der Waals surface area contributed by atoms with Crippen molar-refractivity contribution in [2.75, 3.05) is 59.5 Å². The number of hydrogen-bond donors (Lipinski definition) is 2. The first kappa shape index (κ1) is 27.1. The highest BCUT2D eigenvalue weighted by atomic mass is 127. The largest absolute Gasteiger partial charge is 0.439 e. The number of aryl methyl sites for hydroxylation is 1. The van der Waals surface area contributed by atoms with E-state index in [1.54, 1.807) is 13.3 Å². The van der Waals surface area contributed by atoms with Crippen molar-refractivity contribution < 1.29 is 13.9 Å². The Balaban J connectivity index is 0.00000385. The van der Waals surface area contributed by atoms with Crippen LogP contribution in [-0.2, 0) is 16.1 Å². The van der Waals surface area contributed by atoms with E-state index in [1.165, 1.54) is 5.56 Å². The van der Waals surface area contributed by atoms with Crippen LogP contribution in [0.25, 0.3) is 11.3 Å². The van der Waals surface area contributed by atoms with Gasteiger partial charge < -0.3 is 24.7 Å². The number of oxazole rings is 1. The van der Waals surface area contributed by atoms with Crippen LogP contribution in [-0.4, -0.2) is 86.2 Å². The van der Waals surface area contributed by atoms with Gasteiger partial charge in [0.2, 0.25) is 11.8 Å². The molecule has 1 fully saturated rings. The van der Waals surface area contributed by atoms with Gasteiger partial charge in [-0.15, -0.1) is 24.0 Å². The molecule has 2 N–H and O–H groups in total. The van der Waals surface area contributed by atoms with Gasteiger partial charge in [0.1, 0.15) is 6.54 Å². The number of nitrogens with zero attached hydrogens (tertiary/aromatic N) is 4. The van der Waals surface area contributed by atoms with Crippen LogP contribution in [0.4, 0.5) is 0 Å². The lowest BCUT2D eigenvalue weighted by molar-refractivity contribution is -0.122. The fraction of sp³-hybridized carbons (Fsp3) is 0.522. The van der Waals surface area contributed by atoms with E-state index in [1.807, 2.05) is 12.1 Å². The Morgan fingerprint density at radius 3 is 2.58 bits per heavy atom. The van der Waals surface area contributed by atoms with E-state index in [0.29, 0.717) is 32.1 Å². The number of piperazine rings is 1. The number of aliphatic imine (C=N–C) groups is 1. The molecule has 1 aliphatic heterocycles. The number of ether oxygens (including phenoxy) is 1. The first-order chi connectivity index (χ1) is 15.6. The number of rotatable bonds is 9. The van der Waals surface area contributed by atoms with Gasteiger partial charge in [-0.25, -0.2) is 9.98 Å². The smallest absolute Gasteiger partial charge is 0.234 e. The molecule has 2 aromatic rings. The summed E-state index contributed by atoms with van der Waals surface area (Å²) in [6.45, 7) is 9.95. The molecule has 0 radical (unpaired) electrons. The molecule has 1 aromatic carbocycles. The van der Waals surface area contributed by atoms with Gasteiger partial charge in [0, 0.05) is 51.9 Å². The summed E-state index contributed by atoms with van der Waals surface area (Å²) in [5.41, 5.74) is 2.22. The summed E-state index contributed by atoms with van der Waals surface area (Å²) < 4.78 is 10.9. The minimum atomic E-state index is 0. The second kappa shape index (κ2) is 14.2. The quantitative estimate of drug-likeness (QED) is 0.207. The molecule has 1 aromatic heterocycles. The van der Waals surface area contributed by atoms with Crippen molar-refractivity contribution in [3.63, 3.8) is 0 Å². The van der Waals surface area contributed by atoms with Crippen LogP contribution in [0.2, 0.25) is 0 Å². The second-order valence-electron chi connectivity index (χ2n) is 7.76. The van der Waals surface area contributed by atoms with Gasteiger partial charge in [-0.05, 0) is 13.8 Å². The van der Waals surface area contributed by atoms with E-state index >= 15 is 0 Å². The van der Waals surface area contributed by atoms with Crippen molar-refractivity contribution in [3.05, 3.63) is 41.9 Å². The molecule has 10 heteroatoms. The standard InChI is InChI=1S/C23H34N6O3.HI/c1-4-24-23(29-12-10-28(11-13-29)17-21(30)25-9-14-31-3)27-16-22-26-15-20(32-22)19-7-5-18(2)6-8-19;/h5-8,15H,4,9-14,16-17H2,1-3H3,(H,24,27)(H,25,30);1H. The molecular weight excluding hydrogens is 535 g/mol. The van der Waals surface area contributed by atoms with Crippen LogP contribution in [0.3, 0.4) is 0 Å². The Labute approximate surface area is 213 Å². The van der Waals surface area contributed by atoms with Gasteiger partial charge in [0.25, 0.3) is 0 Å². The molecule has 33 heavy (non-hydrogen) atoms. The number of methoxy groups -OCH3 is 1. The van der Waals surface area contributed by atoms with Crippen LogP contribution >= 0.6 is 24.0 Å². The zero-order valence-electron chi connectivity index (χ0n) is 19.7. The lowest BCUT2D eigenvalue weighted by Crippen LogP contribution is -2.54. The monoisotopic (exact) mass is 570 g/mol. The maximum Gasteiger partial charge on any atom is 0.234 e. The van der Waals surface area contributed by atoms with E-state index in [4.69, 9.17) is 14.1 Å². The highest BCUT2D eigenvalue weighted by Gasteiger charge is 2.21. The van der Waals surface area contributed by atoms with Crippen molar-refractivity contribution in [3.8, 4) is 11.3 Å². The molecule has 0 bridgehead atoms. The Bertz CT molecular complexity index is 879. The summed E-state index contributed by atoms with van der Waals surface area (Å²) in [6, 6.07) is 8.18. The SMILES string of the molecule is CCNC(=NCc1ncc(-c2ccc(C)cc2)o1)N1CCN(CC(=O)NCCOC)CC1.I. The molecular formula is C23H35IN6O3. The Morgan fingerprint density at radius 2 is 1.91 bits per heavy atom. The molecule has 1 saturated heterocycles. The summed E-state index contributed by atoms with van der Waals surface area (Å²) in [5, 5.41) is 6.22. The molecule has 0 unspecified atom stereocenters. The molecule has 0 spiro atoms. The van der Waals surface area contributed by atoms with E-state index < -0.39 is 0 Å². The zero-order chi connectivity index (χ0) is 22.8.